The molecule has 0 saturated heterocycles. The van der Waals surface area contributed by atoms with Crippen molar-refractivity contribution >= 4 is 29.2 Å². The van der Waals surface area contributed by atoms with Crippen LogP contribution in [0.15, 0.2) is 48.7 Å². The molecule has 0 spiro atoms. The number of hydrogen-bond acceptors (Lipinski definition) is 3. The lowest BCUT2D eigenvalue weighted by atomic mass is 10.0. The van der Waals surface area contributed by atoms with Crippen LogP contribution in [0.5, 0.6) is 0 Å². The molecular formula is C19H16N2O2. The van der Waals surface area contributed by atoms with Crippen LogP contribution in [0.25, 0.3) is 23.2 Å². The van der Waals surface area contributed by atoms with Crippen molar-refractivity contribution in [1.29, 1.82) is 0 Å². The maximum absolute atomic E-state index is 11.2. The molecule has 23 heavy (non-hydrogen) atoms. The van der Waals surface area contributed by atoms with Crippen molar-refractivity contribution in [2.24, 2.45) is 0 Å². The van der Waals surface area contributed by atoms with Gasteiger partial charge in [-0.1, -0.05) is 25.1 Å². The number of carboxylic acids is 1. The van der Waals surface area contributed by atoms with Crippen LogP contribution in [0, 0.1) is 0 Å². The van der Waals surface area contributed by atoms with Gasteiger partial charge in [-0.25, -0.2) is 14.8 Å². The molecule has 0 saturated carbocycles. The monoisotopic (exact) mass is 304 g/mol. The second kappa shape index (κ2) is 6.40. The van der Waals surface area contributed by atoms with E-state index in [4.69, 9.17) is 5.11 Å². The summed E-state index contributed by atoms with van der Waals surface area (Å²) in [4.78, 5) is 19.9. The Balaban J connectivity index is 1.90. The summed E-state index contributed by atoms with van der Waals surface area (Å²) in [5.74, 6) is -0.889. The van der Waals surface area contributed by atoms with Gasteiger partial charge in [0.1, 0.15) is 0 Å². The summed E-state index contributed by atoms with van der Waals surface area (Å²) in [6, 6.07) is 13.1. The van der Waals surface area contributed by atoms with Gasteiger partial charge < -0.3 is 5.11 Å². The average molecular weight is 304 g/mol. The highest BCUT2D eigenvalue weighted by molar-refractivity contribution is 5.90. The molecule has 0 bridgehead atoms. The Morgan fingerprint density at radius 1 is 1.17 bits per heavy atom. The Labute approximate surface area is 134 Å². The number of carbonyl (C=O) groups is 1. The largest absolute Gasteiger partial charge is 0.478 e. The van der Waals surface area contributed by atoms with Crippen molar-refractivity contribution in [3.8, 4) is 0 Å². The van der Waals surface area contributed by atoms with E-state index in [0.29, 0.717) is 17.6 Å². The first kappa shape index (κ1) is 14.9. The lowest BCUT2D eigenvalue weighted by molar-refractivity contribution is 0.0695. The number of pyridine rings is 2. The van der Waals surface area contributed by atoms with Gasteiger partial charge in [0.15, 0.2) is 5.65 Å². The van der Waals surface area contributed by atoms with Crippen LogP contribution < -0.4 is 0 Å². The molecule has 4 nitrogen and oxygen atoms in total. The van der Waals surface area contributed by atoms with Gasteiger partial charge in [-0.2, -0.15) is 0 Å². The van der Waals surface area contributed by atoms with E-state index in [1.54, 1.807) is 18.3 Å². The molecule has 114 valence electrons. The summed E-state index contributed by atoms with van der Waals surface area (Å²) in [6.07, 6.45) is 6.24. The van der Waals surface area contributed by atoms with Crippen LogP contribution in [-0.2, 0) is 6.42 Å². The topological polar surface area (TPSA) is 63.1 Å². The van der Waals surface area contributed by atoms with E-state index in [2.05, 4.69) is 9.97 Å². The summed E-state index contributed by atoms with van der Waals surface area (Å²) in [5, 5.41) is 10.2. The lowest BCUT2D eigenvalue weighted by Crippen LogP contribution is -2.01. The highest BCUT2D eigenvalue weighted by Crippen LogP contribution is 2.16. The van der Waals surface area contributed by atoms with Gasteiger partial charge in [0, 0.05) is 11.6 Å². The van der Waals surface area contributed by atoms with E-state index in [-0.39, 0.29) is 0 Å². The first-order valence-corrected chi connectivity index (χ1v) is 7.43. The molecular weight excluding hydrogens is 288 g/mol. The van der Waals surface area contributed by atoms with Gasteiger partial charge in [-0.3, -0.25) is 0 Å². The number of fused-ring (bicyclic) bond motifs is 1. The molecule has 3 aromatic rings. The fourth-order valence-electron chi connectivity index (χ4n) is 2.46. The fourth-order valence-corrected chi connectivity index (χ4v) is 2.46. The summed E-state index contributed by atoms with van der Waals surface area (Å²) in [5.41, 5.74) is 3.67. The van der Waals surface area contributed by atoms with E-state index in [9.17, 15) is 4.79 Å². The van der Waals surface area contributed by atoms with Crippen molar-refractivity contribution in [3.05, 3.63) is 71.0 Å². The summed E-state index contributed by atoms with van der Waals surface area (Å²) >= 11 is 0. The van der Waals surface area contributed by atoms with E-state index in [1.165, 1.54) is 0 Å². The molecule has 2 heterocycles. The third kappa shape index (κ3) is 3.26. The molecule has 0 unspecified atom stereocenters. The zero-order chi connectivity index (χ0) is 16.2. The van der Waals surface area contributed by atoms with Crippen molar-refractivity contribution in [2.45, 2.75) is 13.3 Å². The van der Waals surface area contributed by atoms with Crippen LogP contribution in [0.1, 0.15) is 34.1 Å². The lowest BCUT2D eigenvalue weighted by Gasteiger charge is -2.04. The number of aromatic nitrogens is 2. The molecule has 1 N–H and O–H groups in total. The summed E-state index contributed by atoms with van der Waals surface area (Å²) in [7, 11) is 0. The second-order valence-corrected chi connectivity index (χ2v) is 5.19. The fraction of sp³-hybridized carbons (Fsp3) is 0.105. The molecule has 0 atom stereocenters. The SMILES string of the molecule is CCc1cc(/C=C/c2ccc3cccnc3n2)ccc1C(=O)O. The van der Waals surface area contributed by atoms with Crippen LogP contribution >= 0.6 is 0 Å². The standard InChI is InChI=1S/C19H16N2O2/c1-2-14-12-13(6-10-17(14)19(22)23)5-8-16-9-7-15-4-3-11-20-18(15)21-16/h3-12H,2H2,1H3,(H,22,23)/b8-5+. The minimum atomic E-state index is -0.889. The van der Waals surface area contributed by atoms with Crippen LogP contribution in [-0.4, -0.2) is 21.0 Å². The average Bonchev–Trinajstić information content (AvgIpc) is 2.59. The summed E-state index contributed by atoms with van der Waals surface area (Å²) in [6.45, 7) is 1.95. The van der Waals surface area contributed by atoms with Gasteiger partial charge in [0.05, 0.1) is 11.3 Å². The second-order valence-electron chi connectivity index (χ2n) is 5.19. The van der Waals surface area contributed by atoms with Crippen LogP contribution in [0.3, 0.4) is 0 Å². The number of aryl methyl sites for hydroxylation is 1. The first-order chi connectivity index (χ1) is 11.2. The third-order valence-corrected chi connectivity index (χ3v) is 3.67. The van der Waals surface area contributed by atoms with E-state index >= 15 is 0 Å². The Hall–Kier alpha value is -3.01. The Kier molecular flexibility index (Phi) is 4.15. The van der Waals surface area contributed by atoms with Crippen molar-refractivity contribution < 1.29 is 9.90 Å². The molecule has 0 amide bonds. The van der Waals surface area contributed by atoms with E-state index < -0.39 is 5.97 Å². The number of nitrogens with zero attached hydrogens (tertiary/aromatic N) is 2. The third-order valence-electron chi connectivity index (χ3n) is 3.67. The van der Waals surface area contributed by atoms with Gasteiger partial charge >= 0.3 is 5.97 Å². The zero-order valence-corrected chi connectivity index (χ0v) is 12.7. The quantitative estimate of drug-likeness (QED) is 0.789. The number of hydrogen-bond donors (Lipinski definition) is 1. The van der Waals surface area contributed by atoms with Gasteiger partial charge in [0.2, 0.25) is 0 Å². The number of benzene rings is 1. The molecule has 2 aromatic heterocycles. The minimum Gasteiger partial charge on any atom is -0.478 e. The predicted molar refractivity (Wildman–Crippen MR) is 91.2 cm³/mol. The van der Waals surface area contributed by atoms with Gasteiger partial charge in [0.25, 0.3) is 0 Å². The Morgan fingerprint density at radius 2 is 2.04 bits per heavy atom. The highest BCUT2D eigenvalue weighted by atomic mass is 16.4. The van der Waals surface area contributed by atoms with Crippen molar-refractivity contribution in [3.63, 3.8) is 0 Å². The smallest absolute Gasteiger partial charge is 0.335 e. The first-order valence-electron chi connectivity index (χ1n) is 7.43. The molecule has 0 aliphatic rings. The van der Waals surface area contributed by atoms with E-state index in [0.717, 1.165) is 22.2 Å². The zero-order valence-electron chi connectivity index (χ0n) is 12.7. The van der Waals surface area contributed by atoms with Crippen LogP contribution in [0.2, 0.25) is 0 Å². The highest BCUT2D eigenvalue weighted by Gasteiger charge is 2.08. The maximum Gasteiger partial charge on any atom is 0.335 e. The normalized spacial score (nSPS) is 11.2. The molecule has 0 aliphatic carbocycles. The van der Waals surface area contributed by atoms with Crippen LogP contribution in [0.4, 0.5) is 0 Å². The van der Waals surface area contributed by atoms with Crippen molar-refractivity contribution in [2.75, 3.05) is 0 Å². The minimum absolute atomic E-state index is 0.359. The Morgan fingerprint density at radius 3 is 2.83 bits per heavy atom. The maximum atomic E-state index is 11.2. The predicted octanol–water partition coefficient (Wildman–Crippen LogP) is 4.06. The number of aromatic carboxylic acids is 1. The van der Waals surface area contributed by atoms with Crippen molar-refractivity contribution in [1.82, 2.24) is 9.97 Å². The molecule has 4 heteroatoms. The number of carboxylic acid groups (broad SMARTS) is 1. The van der Waals surface area contributed by atoms with E-state index in [1.807, 2.05) is 49.4 Å². The molecule has 1 aromatic carbocycles. The number of rotatable bonds is 4. The van der Waals surface area contributed by atoms with Gasteiger partial charge in [-0.15, -0.1) is 0 Å². The molecule has 0 fully saturated rings. The Bertz CT molecular complexity index is 901. The molecule has 0 aliphatic heterocycles. The van der Waals surface area contributed by atoms with Gasteiger partial charge in [-0.05, 0) is 54.0 Å². The summed E-state index contributed by atoms with van der Waals surface area (Å²) < 4.78 is 0. The molecule has 0 radical (unpaired) electrons. The molecule has 3 rings (SSSR count).